The van der Waals surface area contributed by atoms with E-state index in [-0.39, 0.29) is 30.1 Å². The zero-order chi connectivity index (χ0) is 20.2. The first-order chi connectivity index (χ1) is 13.7. The average molecular weight is 520 g/mol. The van der Waals surface area contributed by atoms with E-state index >= 15 is 0 Å². The Kier molecular flexibility index (Phi) is 12.4. The standard InChI is InChI=1S/C20H32N4O4.HI/c1-4-21-19(23-10-12-24(13-11-23)20(25)27-5-2)22-16-17-6-8-18(9-7-17)28-15-14-26-3;/h6-9H,4-5,10-16H2,1-3H3,(H,21,22);1H. The zero-order valence-electron chi connectivity index (χ0n) is 17.6. The van der Waals surface area contributed by atoms with E-state index in [9.17, 15) is 4.79 Å². The van der Waals surface area contributed by atoms with E-state index in [1.54, 1.807) is 12.0 Å². The van der Waals surface area contributed by atoms with Crippen LogP contribution in [-0.4, -0.2) is 81.5 Å². The number of nitrogens with zero attached hydrogens (tertiary/aromatic N) is 3. The molecule has 1 amide bonds. The van der Waals surface area contributed by atoms with Crippen LogP contribution in [0.5, 0.6) is 5.75 Å². The van der Waals surface area contributed by atoms with Gasteiger partial charge in [0, 0.05) is 39.8 Å². The molecular formula is C20H33IN4O4. The highest BCUT2D eigenvalue weighted by Crippen LogP contribution is 2.13. The second kappa shape index (κ2) is 14.3. The average Bonchev–Trinajstić information content (AvgIpc) is 2.72. The Bertz CT molecular complexity index is 619. The number of guanidine groups is 1. The Hall–Kier alpha value is -1.75. The fourth-order valence-electron chi connectivity index (χ4n) is 2.84. The second-order valence-corrected chi connectivity index (χ2v) is 6.33. The number of carbonyl (C=O) groups is 1. The van der Waals surface area contributed by atoms with Crippen LogP contribution >= 0.6 is 24.0 Å². The van der Waals surface area contributed by atoms with Crippen molar-refractivity contribution in [3.63, 3.8) is 0 Å². The van der Waals surface area contributed by atoms with Crippen molar-refractivity contribution in [3.8, 4) is 5.75 Å². The second-order valence-electron chi connectivity index (χ2n) is 6.33. The van der Waals surface area contributed by atoms with Gasteiger partial charge in [0.2, 0.25) is 0 Å². The minimum atomic E-state index is -0.239. The van der Waals surface area contributed by atoms with E-state index in [0.717, 1.165) is 36.9 Å². The minimum Gasteiger partial charge on any atom is -0.491 e. The van der Waals surface area contributed by atoms with Crippen molar-refractivity contribution in [2.75, 3.05) is 59.7 Å². The van der Waals surface area contributed by atoms with Gasteiger partial charge in [-0.1, -0.05) is 12.1 Å². The molecular weight excluding hydrogens is 487 g/mol. The van der Waals surface area contributed by atoms with Gasteiger partial charge >= 0.3 is 6.09 Å². The van der Waals surface area contributed by atoms with E-state index in [0.29, 0.717) is 39.5 Å². The molecule has 1 aliphatic heterocycles. The number of ether oxygens (including phenoxy) is 3. The lowest BCUT2D eigenvalue weighted by Crippen LogP contribution is -2.53. The molecule has 8 nitrogen and oxygen atoms in total. The summed E-state index contributed by atoms with van der Waals surface area (Å²) in [7, 11) is 1.66. The SMILES string of the molecule is CCNC(=NCc1ccc(OCCOC)cc1)N1CCN(C(=O)OCC)CC1.I. The monoisotopic (exact) mass is 520 g/mol. The Morgan fingerprint density at radius 2 is 1.72 bits per heavy atom. The molecule has 0 unspecified atom stereocenters. The van der Waals surface area contributed by atoms with E-state index in [4.69, 9.17) is 19.2 Å². The summed E-state index contributed by atoms with van der Waals surface area (Å²) in [5, 5.41) is 3.34. The lowest BCUT2D eigenvalue weighted by Gasteiger charge is -2.35. The van der Waals surface area contributed by atoms with Crippen molar-refractivity contribution < 1.29 is 19.0 Å². The van der Waals surface area contributed by atoms with Crippen molar-refractivity contribution in [2.24, 2.45) is 4.99 Å². The quantitative estimate of drug-likeness (QED) is 0.246. The highest BCUT2D eigenvalue weighted by molar-refractivity contribution is 14.0. The molecule has 0 aromatic heterocycles. The van der Waals surface area contributed by atoms with Crippen LogP contribution in [0.3, 0.4) is 0 Å². The molecule has 9 heteroatoms. The molecule has 1 N–H and O–H groups in total. The maximum Gasteiger partial charge on any atom is 0.409 e. The Balaban J connectivity index is 0.00000420. The molecule has 29 heavy (non-hydrogen) atoms. The molecule has 0 spiro atoms. The van der Waals surface area contributed by atoms with Gasteiger partial charge in [-0.15, -0.1) is 24.0 Å². The van der Waals surface area contributed by atoms with Crippen molar-refractivity contribution in [3.05, 3.63) is 29.8 Å². The van der Waals surface area contributed by atoms with Crippen LogP contribution in [0.2, 0.25) is 0 Å². The first-order valence-corrected chi connectivity index (χ1v) is 9.83. The van der Waals surface area contributed by atoms with Crippen LogP contribution in [0, 0.1) is 0 Å². The fourth-order valence-corrected chi connectivity index (χ4v) is 2.84. The van der Waals surface area contributed by atoms with Crippen molar-refractivity contribution in [1.29, 1.82) is 0 Å². The van der Waals surface area contributed by atoms with Gasteiger partial charge in [-0.05, 0) is 31.5 Å². The summed E-state index contributed by atoms with van der Waals surface area (Å²) in [6.45, 7) is 9.50. The first kappa shape index (κ1) is 25.3. The van der Waals surface area contributed by atoms with Gasteiger partial charge in [0.05, 0.1) is 19.8 Å². The molecule has 1 saturated heterocycles. The van der Waals surface area contributed by atoms with Gasteiger partial charge < -0.3 is 29.3 Å². The van der Waals surface area contributed by atoms with E-state index in [1.807, 2.05) is 31.2 Å². The predicted octanol–water partition coefficient (Wildman–Crippen LogP) is 2.57. The minimum absolute atomic E-state index is 0. The normalized spacial score (nSPS) is 14.2. The maximum atomic E-state index is 11.8. The lowest BCUT2D eigenvalue weighted by atomic mass is 10.2. The number of aliphatic imine (C=N–C) groups is 1. The summed E-state index contributed by atoms with van der Waals surface area (Å²) in [6.07, 6.45) is -0.239. The molecule has 0 atom stereocenters. The molecule has 1 aromatic rings. The van der Waals surface area contributed by atoms with Gasteiger partial charge in [0.25, 0.3) is 0 Å². The summed E-state index contributed by atoms with van der Waals surface area (Å²) in [6, 6.07) is 7.94. The number of methoxy groups -OCH3 is 1. The summed E-state index contributed by atoms with van der Waals surface area (Å²) in [4.78, 5) is 20.5. The summed E-state index contributed by atoms with van der Waals surface area (Å²) < 4.78 is 15.6. The number of hydrogen-bond acceptors (Lipinski definition) is 5. The first-order valence-electron chi connectivity index (χ1n) is 9.83. The number of rotatable bonds is 8. The molecule has 164 valence electrons. The van der Waals surface area contributed by atoms with Gasteiger partial charge in [-0.3, -0.25) is 0 Å². The molecule has 0 aliphatic carbocycles. The fraction of sp³-hybridized carbons (Fsp3) is 0.600. The third-order valence-electron chi connectivity index (χ3n) is 4.33. The lowest BCUT2D eigenvalue weighted by molar-refractivity contribution is 0.0914. The van der Waals surface area contributed by atoms with Crippen LogP contribution in [0.1, 0.15) is 19.4 Å². The highest BCUT2D eigenvalue weighted by atomic mass is 127. The van der Waals surface area contributed by atoms with Gasteiger partial charge in [0.1, 0.15) is 12.4 Å². The molecule has 1 fully saturated rings. The molecule has 1 aromatic carbocycles. The van der Waals surface area contributed by atoms with E-state index in [2.05, 4.69) is 17.1 Å². The number of hydrogen-bond donors (Lipinski definition) is 1. The third kappa shape index (κ3) is 8.65. The van der Waals surface area contributed by atoms with Crippen LogP contribution in [0.4, 0.5) is 4.79 Å². The molecule has 0 bridgehead atoms. The van der Waals surface area contributed by atoms with Gasteiger partial charge in [-0.2, -0.15) is 0 Å². The van der Waals surface area contributed by atoms with Crippen LogP contribution in [0.25, 0.3) is 0 Å². The van der Waals surface area contributed by atoms with Crippen molar-refractivity contribution in [2.45, 2.75) is 20.4 Å². The summed E-state index contributed by atoms with van der Waals surface area (Å²) >= 11 is 0. The maximum absolute atomic E-state index is 11.8. The number of benzene rings is 1. The van der Waals surface area contributed by atoms with E-state index < -0.39 is 0 Å². The van der Waals surface area contributed by atoms with Crippen LogP contribution < -0.4 is 10.1 Å². The smallest absolute Gasteiger partial charge is 0.409 e. The third-order valence-corrected chi connectivity index (χ3v) is 4.33. The van der Waals surface area contributed by atoms with Crippen LogP contribution in [-0.2, 0) is 16.0 Å². The summed E-state index contributed by atoms with van der Waals surface area (Å²) in [5.41, 5.74) is 1.11. The predicted molar refractivity (Wildman–Crippen MR) is 124 cm³/mol. The summed E-state index contributed by atoms with van der Waals surface area (Å²) in [5.74, 6) is 1.69. The zero-order valence-corrected chi connectivity index (χ0v) is 19.9. The van der Waals surface area contributed by atoms with Crippen LogP contribution in [0.15, 0.2) is 29.3 Å². The largest absolute Gasteiger partial charge is 0.491 e. The highest BCUT2D eigenvalue weighted by Gasteiger charge is 2.23. The number of halogens is 1. The number of piperazine rings is 1. The molecule has 0 radical (unpaired) electrons. The molecule has 2 rings (SSSR count). The molecule has 0 saturated carbocycles. The topological polar surface area (TPSA) is 75.6 Å². The number of carbonyl (C=O) groups excluding carboxylic acids is 1. The van der Waals surface area contributed by atoms with Gasteiger partial charge in [-0.25, -0.2) is 9.79 Å². The Morgan fingerprint density at radius 3 is 2.31 bits per heavy atom. The molecule has 1 aliphatic rings. The Morgan fingerprint density at radius 1 is 1.07 bits per heavy atom. The Labute approximate surface area is 190 Å². The van der Waals surface area contributed by atoms with E-state index in [1.165, 1.54) is 0 Å². The molecule has 1 heterocycles. The number of nitrogens with one attached hydrogen (secondary N) is 1. The van der Waals surface area contributed by atoms with Gasteiger partial charge in [0.15, 0.2) is 5.96 Å². The number of amides is 1. The van der Waals surface area contributed by atoms with Crippen molar-refractivity contribution in [1.82, 2.24) is 15.1 Å². The van der Waals surface area contributed by atoms with Crippen molar-refractivity contribution >= 4 is 36.0 Å².